The van der Waals surface area contributed by atoms with E-state index < -0.39 is 11.8 Å². The Labute approximate surface area is 86.9 Å². The van der Waals surface area contributed by atoms with Crippen molar-refractivity contribution in [2.24, 2.45) is 0 Å². The Morgan fingerprint density at radius 2 is 2.20 bits per heavy atom. The van der Waals surface area contributed by atoms with Gasteiger partial charge in [0.1, 0.15) is 5.75 Å². The van der Waals surface area contributed by atoms with Gasteiger partial charge in [0, 0.05) is 0 Å². The topological polar surface area (TPSA) is 32.3 Å². The number of piperidine rings is 1. The van der Waals surface area contributed by atoms with Gasteiger partial charge in [-0.2, -0.15) is 0 Å². The van der Waals surface area contributed by atoms with Crippen molar-refractivity contribution < 1.29 is 13.9 Å². The first kappa shape index (κ1) is 10.4. The van der Waals surface area contributed by atoms with Crippen molar-refractivity contribution in [1.82, 2.24) is 5.32 Å². The average Bonchev–Trinajstić information content (AvgIpc) is 2.17. The molecule has 1 aliphatic heterocycles. The van der Waals surface area contributed by atoms with E-state index in [1.54, 1.807) is 12.1 Å². The van der Waals surface area contributed by atoms with E-state index in [1.807, 2.05) is 0 Å². The summed E-state index contributed by atoms with van der Waals surface area (Å²) in [4.78, 5) is 0. The number of rotatable bonds is 1. The fraction of sp³-hybridized carbons (Fsp3) is 0.455. The quantitative estimate of drug-likeness (QED) is 0.748. The lowest BCUT2D eigenvalue weighted by atomic mass is 9.87. The van der Waals surface area contributed by atoms with Crippen molar-refractivity contribution in [2.75, 3.05) is 13.1 Å². The van der Waals surface area contributed by atoms with Gasteiger partial charge in [0.2, 0.25) is 0 Å². The highest BCUT2D eigenvalue weighted by atomic mass is 19.3. The standard InChI is InChI=1S/C11H13F2NO/c12-11(13)7-14-5-4-10(11)8-2-1-3-9(15)6-8/h1-3,6,10,14-15H,4-5,7H2. The van der Waals surface area contributed by atoms with Crippen LogP contribution in [0.5, 0.6) is 5.75 Å². The van der Waals surface area contributed by atoms with Crippen molar-refractivity contribution in [3.05, 3.63) is 29.8 Å². The molecule has 82 valence electrons. The summed E-state index contributed by atoms with van der Waals surface area (Å²) in [6, 6.07) is 6.15. The van der Waals surface area contributed by atoms with Crippen LogP contribution in [-0.2, 0) is 0 Å². The predicted octanol–water partition coefficient (Wildman–Crippen LogP) is 2.10. The Bertz CT molecular complexity index is 354. The molecule has 2 nitrogen and oxygen atoms in total. The van der Waals surface area contributed by atoms with Gasteiger partial charge in [0.25, 0.3) is 5.92 Å². The van der Waals surface area contributed by atoms with Crippen LogP contribution in [0.4, 0.5) is 8.78 Å². The number of phenols is 1. The summed E-state index contributed by atoms with van der Waals surface area (Å²) in [6.07, 6.45) is 0.399. The number of halogens is 2. The largest absolute Gasteiger partial charge is 0.508 e. The number of nitrogens with one attached hydrogen (secondary N) is 1. The zero-order valence-corrected chi connectivity index (χ0v) is 8.21. The maximum Gasteiger partial charge on any atom is 0.267 e. The molecule has 2 rings (SSSR count). The first-order valence-electron chi connectivity index (χ1n) is 4.97. The molecule has 15 heavy (non-hydrogen) atoms. The van der Waals surface area contributed by atoms with Crippen molar-refractivity contribution >= 4 is 0 Å². The van der Waals surface area contributed by atoms with Crippen LogP contribution in [0.3, 0.4) is 0 Å². The first-order valence-corrected chi connectivity index (χ1v) is 4.97. The minimum Gasteiger partial charge on any atom is -0.508 e. The van der Waals surface area contributed by atoms with Gasteiger partial charge in [-0.15, -0.1) is 0 Å². The van der Waals surface area contributed by atoms with Gasteiger partial charge >= 0.3 is 0 Å². The van der Waals surface area contributed by atoms with Gasteiger partial charge in [0.05, 0.1) is 12.5 Å². The molecule has 4 heteroatoms. The number of hydrogen-bond acceptors (Lipinski definition) is 2. The Morgan fingerprint density at radius 1 is 1.40 bits per heavy atom. The second-order valence-corrected chi connectivity index (χ2v) is 3.87. The van der Waals surface area contributed by atoms with Crippen LogP contribution < -0.4 is 5.32 Å². The first-order chi connectivity index (χ1) is 7.09. The Morgan fingerprint density at radius 3 is 2.87 bits per heavy atom. The average molecular weight is 213 g/mol. The molecule has 0 saturated carbocycles. The molecule has 0 aromatic heterocycles. The molecule has 1 heterocycles. The summed E-state index contributed by atoms with van der Waals surface area (Å²) in [5, 5.41) is 11.9. The monoisotopic (exact) mass is 213 g/mol. The number of benzene rings is 1. The summed E-state index contributed by atoms with van der Waals surface area (Å²) in [5.41, 5.74) is 0.515. The van der Waals surface area contributed by atoms with E-state index in [4.69, 9.17) is 0 Å². The summed E-state index contributed by atoms with van der Waals surface area (Å²) in [7, 11) is 0. The number of hydrogen-bond donors (Lipinski definition) is 2. The Balaban J connectivity index is 2.29. The molecule has 0 radical (unpaired) electrons. The Hall–Kier alpha value is -1.16. The molecular weight excluding hydrogens is 200 g/mol. The zero-order valence-electron chi connectivity index (χ0n) is 8.21. The van der Waals surface area contributed by atoms with Crippen LogP contribution in [0.1, 0.15) is 17.9 Å². The highest BCUT2D eigenvalue weighted by Crippen LogP contribution is 2.38. The van der Waals surface area contributed by atoms with Crippen molar-refractivity contribution in [1.29, 1.82) is 0 Å². The predicted molar refractivity (Wildman–Crippen MR) is 53.3 cm³/mol. The third-order valence-corrected chi connectivity index (χ3v) is 2.75. The molecule has 0 bridgehead atoms. The van der Waals surface area contributed by atoms with E-state index in [1.165, 1.54) is 12.1 Å². The summed E-state index contributed by atoms with van der Waals surface area (Å²) >= 11 is 0. The van der Waals surface area contributed by atoms with Crippen molar-refractivity contribution in [3.8, 4) is 5.75 Å². The number of aromatic hydroxyl groups is 1. The molecule has 1 saturated heterocycles. The van der Waals surface area contributed by atoms with E-state index in [0.29, 0.717) is 18.5 Å². The maximum absolute atomic E-state index is 13.5. The SMILES string of the molecule is Oc1cccc(C2CCNCC2(F)F)c1. The molecule has 0 aliphatic carbocycles. The lowest BCUT2D eigenvalue weighted by Crippen LogP contribution is -2.44. The third kappa shape index (κ3) is 2.09. The normalized spacial score (nSPS) is 25.1. The lowest BCUT2D eigenvalue weighted by molar-refractivity contribution is -0.0420. The molecule has 1 atom stereocenters. The molecular formula is C11H13F2NO. The van der Waals surface area contributed by atoms with E-state index in [-0.39, 0.29) is 12.3 Å². The molecule has 2 N–H and O–H groups in total. The maximum atomic E-state index is 13.5. The second kappa shape index (κ2) is 3.77. The van der Waals surface area contributed by atoms with E-state index in [9.17, 15) is 13.9 Å². The lowest BCUT2D eigenvalue weighted by Gasteiger charge is -2.32. The summed E-state index contributed by atoms with van der Waals surface area (Å²) in [5.74, 6) is -3.47. The van der Waals surface area contributed by atoms with Gasteiger partial charge in [-0.25, -0.2) is 8.78 Å². The smallest absolute Gasteiger partial charge is 0.267 e. The molecule has 1 aromatic rings. The molecule has 1 aliphatic rings. The van der Waals surface area contributed by atoms with Crippen molar-refractivity contribution in [3.63, 3.8) is 0 Å². The number of phenolic OH excluding ortho intramolecular Hbond substituents is 1. The summed E-state index contributed by atoms with van der Waals surface area (Å²) in [6.45, 7) is 0.309. The zero-order chi connectivity index (χ0) is 10.9. The Kier molecular flexibility index (Phi) is 2.61. The van der Waals surface area contributed by atoms with Gasteiger partial charge in [-0.1, -0.05) is 12.1 Å². The molecule has 0 spiro atoms. The minimum atomic E-state index is -2.73. The van der Waals surface area contributed by atoms with E-state index >= 15 is 0 Å². The van der Waals surface area contributed by atoms with Crippen molar-refractivity contribution in [2.45, 2.75) is 18.3 Å². The third-order valence-electron chi connectivity index (χ3n) is 2.75. The molecule has 1 fully saturated rings. The van der Waals surface area contributed by atoms with Crippen LogP contribution in [0, 0.1) is 0 Å². The van der Waals surface area contributed by atoms with Crippen LogP contribution >= 0.6 is 0 Å². The fourth-order valence-corrected chi connectivity index (χ4v) is 1.99. The van der Waals surface area contributed by atoms with Crippen LogP contribution in [0.15, 0.2) is 24.3 Å². The number of alkyl halides is 2. The second-order valence-electron chi connectivity index (χ2n) is 3.87. The highest BCUT2D eigenvalue weighted by molar-refractivity contribution is 5.31. The van der Waals surface area contributed by atoms with Gasteiger partial charge in [0.15, 0.2) is 0 Å². The van der Waals surface area contributed by atoms with Crippen LogP contribution in [-0.4, -0.2) is 24.1 Å². The van der Waals surface area contributed by atoms with E-state index in [2.05, 4.69) is 5.32 Å². The summed E-state index contributed by atoms with van der Waals surface area (Å²) < 4.78 is 27.1. The minimum absolute atomic E-state index is 0.0434. The molecule has 1 aromatic carbocycles. The van der Waals surface area contributed by atoms with Gasteiger partial charge in [-0.05, 0) is 30.7 Å². The molecule has 0 amide bonds. The van der Waals surface area contributed by atoms with Gasteiger partial charge in [-0.3, -0.25) is 0 Å². The molecule has 1 unspecified atom stereocenters. The van der Waals surface area contributed by atoms with Crippen LogP contribution in [0.2, 0.25) is 0 Å². The van der Waals surface area contributed by atoms with E-state index in [0.717, 1.165) is 0 Å². The van der Waals surface area contributed by atoms with Gasteiger partial charge < -0.3 is 10.4 Å². The fourth-order valence-electron chi connectivity index (χ4n) is 1.99. The highest BCUT2D eigenvalue weighted by Gasteiger charge is 2.42. The van der Waals surface area contributed by atoms with Crippen LogP contribution in [0.25, 0.3) is 0 Å².